The van der Waals surface area contributed by atoms with Crippen molar-refractivity contribution in [1.29, 1.82) is 5.26 Å². The van der Waals surface area contributed by atoms with Gasteiger partial charge in [0.05, 0.1) is 25.9 Å². The zero-order chi connectivity index (χ0) is 21.6. The maximum Gasteiger partial charge on any atom is 0.192 e. The summed E-state index contributed by atoms with van der Waals surface area (Å²) in [4.78, 5) is 0. The molecule has 0 saturated heterocycles. The van der Waals surface area contributed by atoms with Gasteiger partial charge in [0.2, 0.25) is 0 Å². The van der Waals surface area contributed by atoms with Gasteiger partial charge >= 0.3 is 0 Å². The lowest BCUT2D eigenvalue weighted by Crippen LogP contribution is -2.15. The van der Waals surface area contributed by atoms with Crippen molar-refractivity contribution in [3.05, 3.63) is 53.6 Å². The van der Waals surface area contributed by atoms with Crippen molar-refractivity contribution in [1.82, 2.24) is 14.8 Å². The van der Waals surface area contributed by atoms with E-state index >= 15 is 0 Å². The minimum Gasteiger partial charge on any atom is -0.497 e. The molecule has 31 heavy (non-hydrogen) atoms. The van der Waals surface area contributed by atoms with Crippen LogP contribution >= 0.6 is 11.8 Å². The fourth-order valence-corrected chi connectivity index (χ4v) is 5.00. The van der Waals surface area contributed by atoms with E-state index in [9.17, 15) is 5.26 Å². The highest BCUT2D eigenvalue weighted by Gasteiger charge is 2.24. The van der Waals surface area contributed by atoms with Crippen LogP contribution in [-0.2, 0) is 5.75 Å². The van der Waals surface area contributed by atoms with Gasteiger partial charge in [-0.15, -0.1) is 10.2 Å². The molecule has 0 amide bonds. The third kappa shape index (κ3) is 4.86. The van der Waals surface area contributed by atoms with Gasteiger partial charge in [0.15, 0.2) is 11.0 Å². The van der Waals surface area contributed by atoms with Gasteiger partial charge in [-0.25, -0.2) is 0 Å². The van der Waals surface area contributed by atoms with Crippen molar-refractivity contribution >= 4 is 11.8 Å². The first-order valence-corrected chi connectivity index (χ1v) is 11.5. The zero-order valence-corrected chi connectivity index (χ0v) is 18.7. The maximum absolute atomic E-state index is 9.17. The van der Waals surface area contributed by atoms with Crippen molar-refractivity contribution in [3.63, 3.8) is 0 Å². The molecule has 7 heteroatoms. The van der Waals surface area contributed by atoms with Crippen LogP contribution in [-0.4, -0.2) is 29.0 Å². The Morgan fingerprint density at radius 2 is 1.77 bits per heavy atom. The predicted molar refractivity (Wildman–Crippen MR) is 121 cm³/mol. The second kappa shape index (κ2) is 9.88. The molecule has 2 aromatic carbocycles. The van der Waals surface area contributed by atoms with Gasteiger partial charge in [-0.05, 0) is 42.7 Å². The zero-order valence-electron chi connectivity index (χ0n) is 17.9. The van der Waals surface area contributed by atoms with Crippen LogP contribution in [0.25, 0.3) is 11.4 Å². The van der Waals surface area contributed by atoms with Gasteiger partial charge in [-0.1, -0.05) is 43.2 Å². The Hall–Kier alpha value is -2.98. The molecule has 0 N–H and O–H groups in total. The molecule has 6 nitrogen and oxygen atoms in total. The number of nitriles is 1. The summed E-state index contributed by atoms with van der Waals surface area (Å²) in [6.45, 7) is 0. The third-order valence-electron chi connectivity index (χ3n) is 5.64. The van der Waals surface area contributed by atoms with E-state index in [-0.39, 0.29) is 0 Å². The molecule has 1 saturated carbocycles. The number of hydrogen-bond donors (Lipinski definition) is 0. The van der Waals surface area contributed by atoms with Crippen molar-refractivity contribution in [3.8, 4) is 29.0 Å². The van der Waals surface area contributed by atoms with Crippen LogP contribution in [0.15, 0.2) is 47.6 Å². The predicted octanol–water partition coefficient (Wildman–Crippen LogP) is 5.63. The number of methoxy groups -OCH3 is 2. The first-order chi connectivity index (χ1) is 15.2. The first kappa shape index (κ1) is 21.3. The van der Waals surface area contributed by atoms with Gasteiger partial charge in [-0.3, -0.25) is 4.57 Å². The number of rotatable bonds is 7. The fraction of sp³-hybridized carbons (Fsp3) is 0.375. The van der Waals surface area contributed by atoms with Gasteiger partial charge in [0.25, 0.3) is 0 Å². The molecular weight excluding hydrogens is 408 g/mol. The Labute approximate surface area is 187 Å². The summed E-state index contributed by atoms with van der Waals surface area (Å²) in [5.41, 5.74) is 2.72. The molecule has 1 aromatic heterocycles. The van der Waals surface area contributed by atoms with E-state index in [0.29, 0.717) is 11.6 Å². The quantitative estimate of drug-likeness (QED) is 0.449. The highest BCUT2D eigenvalue weighted by Crippen LogP contribution is 2.38. The van der Waals surface area contributed by atoms with E-state index in [1.165, 1.54) is 19.3 Å². The molecule has 3 aromatic rings. The monoisotopic (exact) mass is 434 g/mol. The molecule has 0 spiro atoms. The summed E-state index contributed by atoms with van der Waals surface area (Å²) in [5.74, 6) is 3.05. The second-order valence-corrected chi connectivity index (χ2v) is 8.61. The van der Waals surface area contributed by atoms with Crippen LogP contribution in [0.1, 0.15) is 49.3 Å². The SMILES string of the molecule is COc1cc(OC)cc(-c2nnc(SCc3cccc(C#N)c3)n2C2CCCCC2)c1. The lowest BCUT2D eigenvalue weighted by atomic mass is 9.95. The summed E-state index contributed by atoms with van der Waals surface area (Å²) in [5, 5.41) is 19.2. The molecule has 1 fully saturated rings. The number of hydrogen-bond acceptors (Lipinski definition) is 6. The highest BCUT2D eigenvalue weighted by atomic mass is 32.2. The van der Waals surface area contributed by atoms with Crippen LogP contribution in [0.2, 0.25) is 0 Å². The summed E-state index contributed by atoms with van der Waals surface area (Å²) in [6.07, 6.45) is 5.98. The van der Waals surface area contributed by atoms with Crippen LogP contribution in [0, 0.1) is 11.3 Å². The third-order valence-corrected chi connectivity index (χ3v) is 6.65. The van der Waals surface area contributed by atoms with Crippen molar-refractivity contribution in [2.75, 3.05) is 14.2 Å². The standard InChI is InChI=1S/C24H26N4O2S/c1-29-21-12-19(13-22(14-21)30-2)23-26-27-24(28(23)20-9-4-3-5-10-20)31-16-18-8-6-7-17(11-18)15-25/h6-8,11-14,20H,3-5,9-10,16H2,1-2H3. The minimum absolute atomic E-state index is 0.379. The number of benzene rings is 2. The van der Waals surface area contributed by atoms with Gasteiger partial charge in [-0.2, -0.15) is 5.26 Å². The Kier molecular flexibility index (Phi) is 6.78. The van der Waals surface area contributed by atoms with E-state index in [0.717, 1.165) is 52.2 Å². The summed E-state index contributed by atoms with van der Waals surface area (Å²) in [6, 6.07) is 16.1. The number of nitrogens with zero attached hydrogens (tertiary/aromatic N) is 4. The number of aromatic nitrogens is 3. The minimum atomic E-state index is 0.379. The average Bonchev–Trinajstić information content (AvgIpc) is 3.27. The molecule has 0 unspecified atom stereocenters. The molecule has 1 heterocycles. The number of ether oxygens (including phenoxy) is 2. The molecule has 0 atom stereocenters. The van der Waals surface area contributed by atoms with Crippen molar-refractivity contribution in [2.45, 2.75) is 49.1 Å². The van der Waals surface area contributed by atoms with Gasteiger partial charge < -0.3 is 9.47 Å². The molecule has 4 rings (SSSR count). The van der Waals surface area contributed by atoms with Crippen molar-refractivity contribution < 1.29 is 9.47 Å². The van der Waals surface area contributed by atoms with E-state index in [4.69, 9.17) is 9.47 Å². The van der Waals surface area contributed by atoms with Crippen LogP contribution < -0.4 is 9.47 Å². The smallest absolute Gasteiger partial charge is 0.192 e. The van der Waals surface area contributed by atoms with Crippen molar-refractivity contribution in [2.24, 2.45) is 0 Å². The molecule has 0 bridgehead atoms. The molecular formula is C24H26N4O2S. The van der Waals surface area contributed by atoms with Crippen LogP contribution in [0.3, 0.4) is 0 Å². The molecule has 1 aliphatic carbocycles. The molecule has 1 aliphatic rings. The Morgan fingerprint density at radius 3 is 2.45 bits per heavy atom. The Morgan fingerprint density at radius 1 is 1.03 bits per heavy atom. The van der Waals surface area contributed by atoms with Gasteiger partial charge in [0, 0.05) is 23.4 Å². The average molecular weight is 435 g/mol. The van der Waals surface area contributed by atoms with Gasteiger partial charge in [0.1, 0.15) is 11.5 Å². The summed E-state index contributed by atoms with van der Waals surface area (Å²) >= 11 is 1.67. The molecule has 0 aliphatic heterocycles. The van der Waals surface area contributed by atoms with Crippen LogP contribution in [0.4, 0.5) is 0 Å². The Balaban J connectivity index is 1.69. The highest BCUT2D eigenvalue weighted by molar-refractivity contribution is 7.98. The second-order valence-electron chi connectivity index (χ2n) is 7.67. The topological polar surface area (TPSA) is 73.0 Å². The maximum atomic E-state index is 9.17. The summed E-state index contributed by atoms with van der Waals surface area (Å²) < 4.78 is 13.2. The number of thioether (sulfide) groups is 1. The normalized spacial score (nSPS) is 14.2. The molecule has 0 radical (unpaired) electrons. The van der Waals surface area contributed by atoms with E-state index in [1.807, 2.05) is 42.5 Å². The largest absolute Gasteiger partial charge is 0.497 e. The summed E-state index contributed by atoms with van der Waals surface area (Å²) in [7, 11) is 3.31. The lowest BCUT2D eigenvalue weighted by molar-refractivity contribution is 0.339. The Bertz CT molecular complexity index is 1060. The van der Waals surface area contributed by atoms with E-state index < -0.39 is 0 Å². The fourth-order valence-electron chi connectivity index (χ4n) is 4.06. The molecule has 160 valence electrons. The van der Waals surface area contributed by atoms with Crippen LogP contribution in [0.5, 0.6) is 11.5 Å². The van der Waals surface area contributed by atoms with E-state index in [1.54, 1.807) is 26.0 Å². The first-order valence-electron chi connectivity index (χ1n) is 10.5. The lowest BCUT2D eigenvalue weighted by Gasteiger charge is -2.25. The van der Waals surface area contributed by atoms with E-state index in [2.05, 4.69) is 20.8 Å².